The van der Waals surface area contributed by atoms with E-state index in [0.717, 1.165) is 6.07 Å². The van der Waals surface area contributed by atoms with Gasteiger partial charge in [0.05, 0.1) is 11.3 Å². The number of aryl methyl sites for hydroxylation is 1. The van der Waals surface area contributed by atoms with Crippen molar-refractivity contribution in [2.24, 2.45) is 5.73 Å². The zero-order valence-electron chi connectivity index (χ0n) is 9.65. The third-order valence-corrected chi connectivity index (χ3v) is 2.51. The number of anilines is 1. The van der Waals surface area contributed by atoms with E-state index in [0.29, 0.717) is 0 Å². The molecule has 9 heteroatoms. The number of halogens is 4. The Morgan fingerprint density at radius 2 is 2.00 bits per heavy atom. The van der Waals surface area contributed by atoms with Crippen LogP contribution in [-0.4, -0.2) is 11.1 Å². The molecule has 1 aromatic carbocycles. The van der Waals surface area contributed by atoms with E-state index in [1.165, 1.54) is 13.0 Å². The van der Waals surface area contributed by atoms with Gasteiger partial charge in [-0.15, -0.1) is 0 Å². The second-order valence-electron chi connectivity index (χ2n) is 3.64. The monoisotopic (exact) mass is 310 g/mol. The van der Waals surface area contributed by atoms with Gasteiger partial charge in [-0.25, -0.2) is 0 Å². The van der Waals surface area contributed by atoms with E-state index in [1.807, 2.05) is 0 Å². The van der Waals surface area contributed by atoms with Gasteiger partial charge in [0.15, 0.2) is 11.1 Å². The number of guanidine groups is 1. The third kappa shape index (κ3) is 4.25. The topological polar surface area (TPSA) is 73.9 Å². The van der Waals surface area contributed by atoms with Crippen molar-refractivity contribution in [3.63, 3.8) is 0 Å². The minimum absolute atomic E-state index is 0.0270. The summed E-state index contributed by atoms with van der Waals surface area (Å²) in [4.78, 5) is 0. The average molecular weight is 311 g/mol. The molecule has 0 saturated heterocycles. The lowest BCUT2D eigenvalue weighted by Gasteiger charge is -2.18. The zero-order chi connectivity index (χ0) is 14.8. The van der Waals surface area contributed by atoms with Crippen LogP contribution >= 0.6 is 23.8 Å². The van der Waals surface area contributed by atoms with Gasteiger partial charge in [-0.05, 0) is 36.8 Å². The molecule has 0 heterocycles. The normalized spacial score (nSPS) is 11.0. The van der Waals surface area contributed by atoms with Gasteiger partial charge in [0, 0.05) is 5.02 Å². The quantitative estimate of drug-likeness (QED) is 0.365. The van der Waals surface area contributed by atoms with Crippen molar-refractivity contribution in [3.05, 3.63) is 28.3 Å². The molecule has 0 radical (unpaired) electrons. The molecule has 5 N–H and O–H groups in total. The fourth-order valence-corrected chi connectivity index (χ4v) is 1.88. The van der Waals surface area contributed by atoms with Gasteiger partial charge in [0.2, 0.25) is 0 Å². The first-order valence-electron chi connectivity index (χ1n) is 4.90. The Bertz CT molecular complexity index is 530. The second kappa shape index (κ2) is 5.62. The molecule has 0 bridgehead atoms. The Morgan fingerprint density at radius 3 is 2.47 bits per heavy atom. The van der Waals surface area contributed by atoms with Crippen molar-refractivity contribution in [3.8, 4) is 0 Å². The Morgan fingerprint density at radius 1 is 1.42 bits per heavy atom. The summed E-state index contributed by atoms with van der Waals surface area (Å²) < 4.78 is 38.7. The van der Waals surface area contributed by atoms with Crippen LogP contribution in [-0.2, 0) is 6.18 Å². The van der Waals surface area contributed by atoms with Crippen LogP contribution < -0.4 is 16.4 Å². The highest BCUT2D eigenvalue weighted by Crippen LogP contribution is 2.38. The number of hydrogen-bond acceptors (Lipinski definition) is 2. The molecule has 4 nitrogen and oxygen atoms in total. The van der Waals surface area contributed by atoms with E-state index in [2.05, 4.69) is 10.6 Å². The molecule has 0 aromatic heterocycles. The Hall–Kier alpha value is -1.54. The molecule has 0 unspecified atom stereocenters. The van der Waals surface area contributed by atoms with Crippen LogP contribution in [0.4, 0.5) is 18.9 Å². The van der Waals surface area contributed by atoms with Crippen LogP contribution in [0, 0.1) is 12.3 Å². The van der Waals surface area contributed by atoms with Gasteiger partial charge in [-0.3, -0.25) is 5.41 Å². The average Bonchev–Trinajstić information content (AvgIpc) is 2.18. The highest BCUT2D eigenvalue weighted by molar-refractivity contribution is 7.80. The fraction of sp³-hybridized carbons (Fsp3) is 0.200. The molecule has 19 heavy (non-hydrogen) atoms. The van der Waals surface area contributed by atoms with Crippen molar-refractivity contribution in [1.82, 2.24) is 5.32 Å². The molecular weight excluding hydrogens is 301 g/mol. The number of rotatable bonds is 1. The maximum atomic E-state index is 12.9. The van der Waals surface area contributed by atoms with Crippen molar-refractivity contribution in [2.75, 3.05) is 5.32 Å². The summed E-state index contributed by atoms with van der Waals surface area (Å²) in [6.07, 6.45) is -4.58. The van der Waals surface area contributed by atoms with Crippen molar-refractivity contribution >= 4 is 40.6 Å². The van der Waals surface area contributed by atoms with E-state index in [-0.39, 0.29) is 21.4 Å². The number of thiocarbonyl (C=S) groups is 1. The molecule has 0 spiro atoms. The molecule has 0 atom stereocenters. The Balaban J connectivity index is 3.19. The van der Waals surface area contributed by atoms with Crippen molar-refractivity contribution in [1.29, 1.82) is 5.41 Å². The molecule has 0 saturated carbocycles. The van der Waals surface area contributed by atoms with Crippen LogP contribution in [0.15, 0.2) is 12.1 Å². The number of nitrogens with one attached hydrogen (secondary N) is 3. The largest absolute Gasteiger partial charge is 0.418 e. The predicted molar refractivity (Wildman–Crippen MR) is 72.5 cm³/mol. The summed E-state index contributed by atoms with van der Waals surface area (Å²) in [6.45, 7) is 1.46. The maximum Gasteiger partial charge on any atom is 0.418 e. The van der Waals surface area contributed by atoms with Crippen LogP contribution in [0.5, 0.6) is 0 Å². The van der Waals surface area contributed by atoms with Gasteiger partial charge in [-0.1, -0.05) is 11.6 Å². The molecule has 104 valence electrons. The fourth-order valence-electron chi connectivity index (χ4n) is 1.40. The van der Waals surface area contributed by atoms with E-state index in [1.54, 1.807) is 0 Å². The first kappa shape index (κ1) is 15.5. The summed E-state index contributed by atoms with van der Waals surface area (Å²) in [6, 6.07) is 2.17. The smallest absolute Gasteiger partial charge is 0.370 e. The summed E-state index contributed by atoms with van der Waals surface area (Å²) >= 11 is 10.4. The first-order chi connectivity index (χ1) is 8.61. The van der Waals surface area contributed by atoms with E-state index < -0.39 is 17.7 Å². The highest BCUT2D eigenvalue weighted by atomic mass is 35.5. The Kier molecular flexibility index (Phi) is 4.59. The minimum atomic E-state index is -4.58. The van der Waals surface area contributed by atoms with E-state index in [4.69, 9.17) is 35.0 Å². The lowest BCUT2D eigenvalue weighted by atomic mass is 10.1. The van der Waals surface area contributed by atoms with Gasteiger partial charge in [-0.2, -0.15) is 13.2 Å². The lowest BCUT2D eigenvalue weighted by molar-refractivity contribution is -0.136. The van der Waals surface area contributed by atoms with Gasteiger partial charge in [0.25, 0.3) is 0 Å². The predicted octanol–water partition coefficient (Wildman–Crippen LogP) is 2.85. The SMILES string of the molecule is Cc1cc(Cl)cc(C(F)(F)F)c1NC(=S)NC(=N)N. The molecule has 0 aliphatic heterocycles. The molecule has 0 aliphatic carbocycles. The minimum Gasteiger partial charge on any atom is -0.370 e. The van der Waals surface area contributed by atoms with Crippen LogP contribution in [0.2, 0.25) is 5.02 Å². The summed E-state index contributed by atoms with van der Waals surface area (Å²) in [5.74, 6) is -0.474. The van der Waals surface area contributed by atoms with Gasteiger partial charge in [0.1, 0.15) is 0 Å². The van der Waals surface area contributed by atoms with Crippen molar-refractivity contribution < 1.29 is 13.2 Å². The number of nitrogens with two attached hydrogens (primary N) is 1. The molecule has 1 aromatic rings. The summed E-state index contributed by atoms with van der Waals surface area (Å²) in [7, 11) is 0. The number of alkyl halides is 3. The first-order valence-corrected chi connectivity index (χ1v) is 5.69. The zero-order valence-corrected chi connectivity index (χ0v) is 11.2. The van der Waals surface area contributed by atoms with E-state index in [9.17, 15) is 13.2 Å². The molecule has 0 fully saturated rings. The third-order valence-electron chi connectivity index (χ3n) is 2.09. The summed E-state index contributed by atoms with van der Waals surface area (Å²) in [5.41, 5.74) is 4.14. The van der Waals surface area contributed by atoms with Crippen LogP contribution in [0.3, 0.4) is 0 Å². The maximum absolute atomic E-state index is 12.9. The second-order valence-corrected chi connectivity index (χ2v) is 4.48. The lowest BCUT2D eigenvalue weighted by Crippen LogP contribution is -2.39. The summed E-state index contributed by atoms with van der Waals surface area (Å²) in [5, 5.41) is 11.3. The highest BCUT2D eigenvalue weighted by Gasteiger charge is 2.34. The Labute approximate surface area is 117 Å². The number of hydrogen-bond donors (Lipinski definition) is 4. The number of benzene rings is 1. The molecule has 1 rings (SSSR count). The van der Waals surface area contributed by atoms with Crippen molar-refractivity contribution in [2.45, 2.75) is 13.1 Å². The standard InChI is InChI=1S/C10H10ClF3N4S/c1-4-2-5(11)3-6(10(12,13)14)7(4)17-9(19)18-8(15)16/h2-3H,1H3,(H5,15,16,17,18,19). The molecular formula is C10H10ClF3N4S. The van der Waals surface area contributed by atoms with E-state index >= 15 is 0 Å². The molecule has 0 aliphatic rings. The van der Waals surface area contributed by atoms with Gasteiger partial charge < -0.3 is 16.4 Å². The molecule has 0 amide bonds. The van der Waals surface area contributed by atoms with Crippen LogP contribution in [0.25, 0.3) is 0 Å². The van der Waals surface area contributed by atoms with Gasteiger partial charge >= 0.3 is 6.18 Å². The van der Waals surface area contributed by atoms with Crippen LogP contribution in [0.1, 0.15) is 11.1 Å².